The second-order valence-electron chi connectivity index (χ2n) is 4.28. The van der Waals surface area contributed by atoms with Gasteiger partial charge in [0.2, 0.25) is 0 Å². The third kappa shape index (κ3) is 3.79. The molecule has 0 atom stereocenters. The zero-order chi connectivity index (χ0) is 14.4. The van der Waals surface area contributed by atoms with Gasteiger partial charge in [-0.25, -0.2) is 9.59 Å². The fourth-order valence-electron chi connectivity index (χ4n) is 1.73. The minimum Gasteiger partial charge on any atom is -0.478 e. The summed E-state index contributed by atoms with van der Waals surface area (Å²) in [6, 6.07) is 2.88. The van der Waals surface area contributed by atoms with Gasteiger partial charge in [-0.2, -0.15) is 0 Å². The number of ether oxygens (including phenoxy) is 1. The maximum atomic E-state index is 11.8. The topological polar surface area (TPSA) is 83.8 Å². The SMILES string of the molecule is Cc1c(C(=O)O)ccc(C(=O)OCCCCO)c1C. The summed E-state index contributed by atoms with van der Waals surface area (Å²) in [5.41, 5.74) is 1.75. The maximum absolute atomic E-state index is 11.8. The van der Waals surface area contributed by atoms with Crippen molar-refractivity contribution in [1.29, 1.82) is 0 Å². The third-order valence-electron chi connectivity index (χ3n) is 3.02. The van der Waals surface area contributed by atoms with Crippen LogP contribution in [0.2, 0.25) is 0 Å². The highest BCUT2D eigenvalue weighted by atomic mass is 16.5. The molecule has 0 aliphatic heterocycles. The molecular formula is C14H18O5. The van der Waals surface area contributed by atoms with Crippen LogP contribution in [0.15, 0.2) is 12.1 Å². The number of carbonyl (C=O) groups excluding carboxylic acids is 1. The molecule has 0 radical (unpaired) electrons. The van der Waals surface area contributed by atoms with Crippen LogP contribution in [-0.4, -0.2) is 35.4 Å². The molecule has 2 N–H and O–H groups in total. The largest absolute Gasteiger partial charge is 0.478 e. The Morgan fingerprint density at radius 1 is 1.11 bits per heavy atom. The highest BCUT2D eigenvalue weighted by Gasteiger charge is 2.16. The van der Waals surface area contributed by atoms with Crippen molar-refractivity contribution in [2.24, 2.45) is 0 Å². The number of carbonyl (C=O) groups is 2. The molecule has 19 heavy (non-hydrogen) atoms. The average Bonchev–Trinajstić information content (AvgIpc) is 2.37. The van der Waals surface area contributed by atoms with E-state index in [1.807, 2.05) is 0 Å². The van der Waals surface area contributed by atoms with Gasteiger partial charge in [-0.3, -0.25) is 0 Å². The first-order valence-corrected chi connectivity index (χ1v) is 6.10. The van der Waals surface area contributed by atoms with Gasteiger partial charge in [0.05, 0.1) is 17.7 Å². The second kappa shape index (κ2) is 6.89. The van der Waals surface area contributed by atoms with E-state index in [0.717, 1.165) is 0 Å². The molecule has 0 aliphatic carbocycles. The number of carboxylic acids is 1. The number of hydrogen-bond acceptors (Lipinski definition) is 4. The van der Waals surface area contributed by atoms with E-state index in [1.165, 1.54) is 12.1 Å². The van der Waals surface area contributed by atoms with Crippen molar-refractivity contribution in [2.45, 2.75) is 26.7 Å². The second-order valence-corrected chi connectivity index (χ2v) is 4.28. The van der Waals surface area contributed by atoms with Gasteiger partial charge >= 0.3 is 11.9 Å². The monoisotopic (exact) mass is 266 g/mol. The van der Waals surface area contributed by atoms with Gasteiger partial charge in [0.1, 0.15) is 0 Å². The third-order valence-corrected chi connectivity index (χ3v) is 3.02. The van der Waals surface area contributed by atoms with Crippen molar-refractivity contribution in [3.05, 3.63) is 34.4 Å². The van der Waals surface area contributed by atoms with Gasteiger partial charge in [0.15, 0.2) is 0 Å². The van der Waals surface area contributed by atoms with Gasteiger partial charge in [-0.05, 0) is 49.9 Å². The van der Waals surface area contributed by atoms with E-state index in [-0.39, 0.29) is 18.8 Å². The van der Waals surface area contributed by atoms with Crippen LogP contribution < -0.4 is 0 Å². The lowest BCUT2D eigenvalue weighted by molar-refractivity contribution is 0.0490. The van der Waals surface area contributed by atoms with Gasteiger partial charge in [0, 0.05) is 6.61 Å². The van der Waals surface area contributed by atoms with E-state index in [2.05, 4.69) is 0 Å². The van der Waals surface area contributed by atoms with Crippen LogP contribution >= 0.6 is 0 Å². The molecule has 0 amide bonds. The van der Waals surface area contributed by atoms with E-state index in [1.54, 1.807) is 13.8 Å². The molecule has 0 aliphatic rings. The number of unbranched alkanes of at least 4 members (excludes halogenated alkanes) is 1. The summed E-state index contributed by atoms with van der Waals surface area (Å²) in [4.78, 5) is 22.8. The molecule has 0 aromatic heterocycles. The fourth-order valence-corrected chi connectivity index (χ4v) is 1.73. The Bertz CT molecular complexity index is 479. The number of aliphatic hydroxyl groups is 1. The molecule has 5 nitrogen and oxygen atoms in total. The number of aromatic carboxylic acids is 1. The molecule has 5 heteroatoms. The van der Waals surface area contributed by atoms with Crippen molar-refractivity contribution < 1.29 is 24.5 Å². The Morgan fingerprint density at radius 3 is 2.26 bits per heavy atom. The molecule has 0 saturated carbocycles. The predicted molar refractivity (Wildman–Crippen MR) is 69.5 cm³/mol. The Morgan fingerprint density at radius 2 is 1.68 bits per heavy atom. The molecule has 0 bridgehead atoms. The lowest BCUT2D eigenvalue weighted by Crippen LogP contribution is -2.11. The molecule has 104 valence electrons. The summed E-state index contributed by atoms with van der Waals surface area (Å²) in [5, 5.41) is 17.6. The molecule has 0 fully saturated rings. The summed E-state index contributed by atoms with van der Waals surface area (Å²) >= 11 is 0. The number of carboxylic acid groups (broad SMARTS) is 1. The van der Waals surface area contributed by atoms with E-state index >= 15 is 0 Å². The van der Waals surface area contributed by atoms with Crippen molar-refractivity contribution in [1.82, 2.24) is 0 Å². The summed E-state index contributed by atoms with van der Waals surface area (Å²) in [7, 11) is 0. The molecule has 0 heterocycles. The maximum Gasteiger partial charge on any atom is 0.338 e. The van der Waals surface area contributed by atoms with Crippen LogP contribution in [0.3, 0.4) is 0 Å². The lowest BCUT2D eigenvalue weighted by Gasteiger charge is -2.11. The van der Waals surface area contributed by atoms with Crippen molar-refractivity contribution in [3.63, 3.8) is 0 Å². The van der Waals surface area contributed by atoms with Crippen LogP contribution in [-0.2, 0) is 4.74 Å². The van der Waals surface area contributed by atoms with E-state index in [4.69, 9.17) is 14.9 Å². The Labute approximate surface area is 111 Å². The molecule has 1 rings (SSSR count). The number of hydrogen-bond donors (Lipinski definition) is 2. The Hall–Kier alpha value is -1.88. The molecule has 0 saturated heterocycles. The zero-order valence-electron chi connectivity index (χ0n) is 11.1. The van der Waals surface area contributed by atoms with Crippen molar-refractivity contribution in [2.75, 3.05) is 13.2 Å². The minimum absolute atomic E-state index is 0.0724. The normalized spacial score (nSPS) is 10.3. The van der Waals surface area contributed by atoms with Gasteiger partial charge in [0.25, 0.3) is 0 Å². The zero-order valence-corrected chi connectivity index (χ0v) is 11.1. The molecular weight excluding hydrogens is 248 g/mol. The van der Waals surface area contributed by atoms with Crippen molar-refractivity contribution >= 4 is 11.9 Å². The first kappa shape index (κ1) is 15.2. The molecule has 1 aromatic carbocycles. The standard InChI is InChI=1S/C14H18O5/c1-9-10(2)12(6-5-11(9)13(16)17)14(18)19-8-4-3-7-15/h5-6,15H,3-4,7-8H2,1-2H3,(H,16,17). The summed E-state index contributed by atoms with van der Waals surface area (Å²) in [6.07, 6.45) is 1.19. The van der Waals surface area contributed by atoms with Crippen LogP contribution in [0.1, 0.15) is 44.7 Å². The lowest BCUT2D eigenvalue weighted by atomic mass is 9.98. The van der Waals surface area contributed by atoms with Crippen LogP contribution in [0.4, 0.5) is 0 Å². The minimum atomic E-state index is -1.01. The average molecular weight is 266 g/mol. The van der Waals surface area contributed by atoms with Gasteiger partial charge < -0.3 is 14.9 Å². The summed E-state index contributed by atoms with van der Waals surface area (Å²) in [6.45, 7) is 3.69. The van der Waals surface area contributed by atoms with Crippen LogP contribution in [0.25, 0.3) is 0 Å². The predicted octanol–water partition coefficient (Wildman–Crippen LogP) is 1.93. The smallest absolute Gasteiger partial charge is 0.338 e. The van der Waals surface area contributed by atoms with Crippen molar-refractivity contribution in [3.8, 4) is 0 Å². The van der Waals surface area contributed by atoms with E-state index < -0.39 is 11.9 Å². The molecule has 1 aromatic rings. The number of benzene rings is 1. The Balaban J connectivity index is 2.81. The van der Waals surface area contributed by atoms with E-state index in [9.17, 15) is 9.59 Å². The fraction of sp³-hybridized carbons (Fsp3) is 0.429. The highest BCUT2D eigenvalue weighted by Crippen LogP contribution is 2.19. The quantitative estimate of drug-likeness (QED) is 0.607. The number of aliphatic hydroxyl groups excluding tert-OH is 1. The molecule has 0 spiro atoms. The van der Waals surface area contributed by atoms with E-state index in [0.29, 0.717) is 29.5 Å². The summed E-state index contributed by atoms with van der Waals surface area (Å²) < 4.78 is 5.07. The summed E-state index contributed by atoms with van der Waals surface area (Å²) in [5.74, 6) is -1.47. The van der Waals surface area contributed by atoms with Crippen LogP contribution in [0.5, 0.6) is 0 Å². The first-order valence-electron chi connectivity index (χ1n) is 6.10. The number of esters is 1. The molecule has 0 unspecified atom stereocenters. The van der Waals surface area contributed by atoms with Gasteiger partial charge in [-0.15, -0.1) is 0 Å². The number of rotatable bonds is 6. The Kier molecular flexibility index (Phi) is 5.51. The van der Waals surface area contributed by atoms with Gasteiger partial charge in [-0.1, -0.05) is 0 Å². The highest BCUT2D eigenvalue weighted by molar-refractivity contribution is 5.95. The van der Waals surface area contributed by atoms with Crippen LogP contribution in [0, 0.1) is 13.8 Å². The first-order chi connectivity index (χ1) is 8.99.